The molecule has 2 heterocycles. The molecule has 0 aliphatic carbocycles. The van der Waals surface area contributed by atoms with E-state index in [1.165, 1.54) is 0 Å². The normalized spacial score (nSPS) is 16.2. The number of hydrogen-bond donors (Lipinski definition) is 1. The number of allylic oxidation sites excluding steroid dienone is 1. The molecule has 2 aromatic carbocycles. The molecular formula is C25H28N4O4. The van der Waals surface area contributed by atoms with E-state index in [4.69, 9.17) is 19.0 Å². The van der Waals surface area contributed by atoms with Gasteiger partial charge in [-0.2, -0.15) is 4.98 Å². The van der Waals surface area contributed by atoms with Crippen molar-refractivity contribution in [3.05, 3.63) is 71.2 Å². The van der Waals surface area contributed by atoms with Crippen molar-refractivity contribution >= 4 is 11.6 Å². The van der Waals surface area contributed by atoms with E-state index in [0.29, 0.717) is 37.0 Å². The van der Waals surface area contributed by atoms with Gasteiger partial charge in [0.2, 0.25) is 5.82 Å². The van der Waals surface area contributed by atoms with Crippen LogP contribution in [0.1, 0.15) is 36.4 Å². The number of aryl methyl sites for hydroxylation is 1. The Morgan fingerprint density at radius 3 is 2.70 bits per heavy atom. The molecule has 0 saturated heterocycles. The maximum Gasteiger partial charge on any atom is 0.322 e. The fourth-order valence-electron chi connectivity index (χ4n) is 4.00. The van der Waals surface area contributed by atoms with E-state index in [1.807, 2.05) is 62.4 Å². The second-order valence-corrected chi connectivity index (χ2v) is 7.95. The molecule has 8 heteroatoms. The monoisotopic (exact) mass is 448 g/mol. The van der Waals surface area contributed by atoms with E-state index in [-0.39, 0.29) is 6.03 Å². The minimum atomic E-state index is -0.461. The average Bonchev–Trinajstić information content (AvgIpc) is 3.30. The summed E-state index contributed by atoms with van der Waals surface area (Å²) in [5.41, 5.74) is 4.37. The van der Waals surface area contributed by atoms with Crippen LogP contribution >= 0.6 is 0 Å². The fraction of sp³-hybridized carbons (Fsp3) is 0.320. The average molecular weight is 449 g/mol. The Morgan fingerprint density at radius 2 is 1.94 bits per heavy atom. The largest absolute Gasteiger partial charge is 0.497 e. The van der Waals surface area contributed by atoms with Crippen LogP contribution in [0.15, 0.2) is 58.8 Å². The Kier molecular flexibility index (Phi) is 6.74. The molecule has 0 radical (unpaired) electrons. The lowest BCUT2D eigenvalue weighted by molar-refractivity contribution is 0.174. The smallest absolute Gasteiger partial charge is 0.322 e. The van der Waals surface area contributed by atoms with Gasteiger partial charge in [0.15, 0.2) is 0 Å². The van der Waals surface area contributed by atoms with Crippen LogP contribution in [0.4, 0.5) is 4.79 Å². The van der Waals surface area contributed by atoms with Gasteiger partial charge >= 0.3 is 6.03 Å². The first kappa shape index (κ1) is 22.5. The van der Waals surface area contributed by atoms with Crippen molar-refractivity contribution in [1.82, 2.24) is 20.4 Å². The van der Waals surface area contributed by atoms with Crippen LogP contribution in [-0.2, 0) is 4.74 Å². The molecule has 1 N–H and O–H groups in total. The molecule has 3 aromatic rings. The molecular weight excluding hydrogens is 420 g/mol. The van der Waals surface area contributed by atoms with E-state index < -0.39 is 6.04 Å². The van der Waals surface area contributed by atoms with Gasteiger partial charge in [0.1, 0.15) is 5.75 Å². The number of carbonyl (C=O) groups excluding carboxylic acids is 1. The zero-order chi connectivity index (χ0) is 23.4. The lowest BCUT2D eigenvalue weighted by atomic mass is 9.94. The van der Waals surface area contributed by atoms with E-state index in [1.54, 1.807) is 19.1 Å². The molecule has 4 rings (SSSR count). The number of amides is 2. The highest BCUT2D eigenvalue weighted by atomic mass is 16.5. The van der Waals surface area contributed by atoms with Crippen molar-refractivity contribution in [2.24, 2.45) is 0 Å². The third kappa shape index (κ3) is 4.75. The zero-order valence-corrected chi connectivity index (χ0v) is 19.3. The minimum Gasteiger partial charge on any atom is -0.497 e. The number of methoxy groups -OCH3 is 2. The lowest BCUT2D eigenvalue weighted by Gasteiger charge is -2.35. The summed E-state index contributed by atoms with van der Waals surface area (Å²) in [7, 11) is 3.26. The highest BCUT2D eigenvalue weighted by Gasteiger charge is 2.35. The lowest BCUT2D eigenvalue weighted by Crippen LogP contribution is -2.46. The van der Waals surface area contributed by atoms with Crippen molar-refractivity contribution in [2.45, 2.75) is 26.3 Å². The Morgan fingerprint density at radius 1 is 1.12 bits per heavy atom. The predicted molar refractivity (Wildman–Crippen MR) is 125 cm³/mol. The Balaban J connectivity index is 1.78. The molecule has 1 atom stereocenters. The molecule has 0 spiro atoms. The second kappa shape index (κ2) is 9.87. The third-order valence-electron chi connectivity index (χ3n) is 5.69. The molecule has 0 saturated carbocycles. The van der Waals surface area contributed by atoms with E-state index >= 15 is 0 Å². The number of benzene rings is 2. The summed E-state index contributed by atoms with van der Waals surface area (Å²) < 4.78 is 16.3. The van der Waals surface area contributed by atoms with Crippen molar-refractivity contribution in [2.75, 3.05) is 27.4 Å². The van der Waals surface area contributed by atoms with Crippen LogP contribution in [0.5, 0.6) is 5.75 Å². The summed E-state index contributed by atoms with van der Waals surface area (Å²) in [5.74, 6) is 1.57. The molecule has 33 heavy (non-hydrogen) atoms. The molecule has 1 unspecified atom stereocenters. The summed E-state index contributed by atoms with van der Waals surface area (Å²) in [6, 6.07) is 14.9. The van der Waals surface area contributed by atoms with Crippen LogP contribution in [-0.4, -0.2) is 48.4 Å². The van der Waals surface area contributed by atoms with Gasteiger partial charge < -0.3 is 19.3 Å². The molecule has 2 amide bonds. The third-order valence-corrected chi connectivity index (χ3v) is 5.69. The number of nitrogens with one attached hydrogen (secondary N) is 1. The summed E-state index contributed by atoms with van der Waals surface area (Å²) in [6.07, 6.45) is 0.705. The summed E-state index contributed by atoms with van der Waals surface area (Å²) >= 11 is 0. The Bertz CT molecular complexity index is 1170. The van der Waals surface area contributed by atoms with Crippen LogP contribution in [0, 0.1) is 6.92 Å². The molecule has 8 nitrogen and oxygen atoms in total. The highest BCUT2D eigenvalue weighted by molar-refractivity contribution is 5.87. The van der Waals surface area contributed by atoms with Crippen molar-refractivity contribution < 1.29 is 18.8 Å². The highest BCUT2D eigenvalue weighted by Crippen LogP contribution is 2.38. The summed E-state index contributed by atoms with van der Waals surface area (Å²) in [6.45, 7) is 5.00. The van der Waals surface area contributed by atoms with Crippen molar-refractivity contribution in [3.8, 4) is 17.1 Å². The van der Waals surface area contributed by atoms with E-state index in [9.17, 15) is 4.79 Å². The topological polar surface area (TPSA) is 89.7 Å². The first-order valence-corrected chi connectivity index (χ1v) is 10.8. The van der Waals surface area contributed by atoms with Gasteiger partial charge in [-0.3, -0.25) is 4.90 Å². The van der Waals surface area contributed by atoms with Gasteiger partial charge in [0.25, 0.3) is 5.89 Å². The summed E-state index contributed by atoms with van der Waals surface area (Å²) in [4.78, 5) is 19.4. The number of urea groups is 1. The Labute approximate surface area is 193 Å². The van der Waals surface area contributed by atoms with Gasteiger partial charge in [0, 0.05) is 31.5 Å². The number of aromatic nitrogens is 2. The van der Waals surface area contributed by atoms with Gasteiger partial charge in [-0.1, -0.05) is 41.1 Å². The standard InChI is InChI=1S/C25H28N4O4/c1-16-8-5-10-19(14-16)23-27-24(33-28-23)21-17(2)29(12-7-13-31-3)25(30)26-22(21)18-9-6-11-20(15-18)32-4/h5-6,8-11,14-15,22H,7,12-13H2,1-4H3,(H,26,30). The first-order valence-electron chi connectivity index (χ1n) is 10.8. The number of ether oxygens (including phenoxy) is 2. The minimum absolute atomic E-state index is 0.182. The maximum atomic E-state index is 13.0. The van der Waals surface area contributed by atoms with Gasteiger partial charge in [-0.05, 0) is 44.0 Å². The van der Waals surface area contributed by atoms with E-state index in [2.05, 4.69) is 10.5 Å². The second-order valence-electron chi connectivity index (χ2n) is 7.95. The van der Waals surface area contributed by atoms with Crippen LogP contribution in [0.25, 0.3) is 17.0 Å². The molecule has 0 fully saturated rings. The van der Waals surface area contributed by atoms with E-state index in [0.717, 1.165) is 28.0 Å². The first-order chi connectivity index (χ1) is 16.0. The quantitative estimate of drug-likeness (QED) is 0.507. The van der Waals surface area contributed by atoms with Gasteiger partial charge in [-0.15, -0.1) is 0 Å². The van der Waals surface area contributed by atoms with Gasteiger partial charge in [0.05, 0.1) is 18.7 Å². The fourth-order valence-corrected chi connectivity index (χ4v) is 4.00. The predicted octanol–water partition coefficient (Wildman–Crippen LogP) is 4.59. The Hall–Kier alpha value is -3.65. The number of nitrogens with zero attached hydrogens (tertiary/aromatic N) is 3. The molecule has 1 aromatic heterocycles. The molecule has 1 aliphatic heterocycles. The van der Waals surface area contributed by atoms with Crippen molar-refractivity contribution in [3.63, 3.8) is 0 Å². The number of carbonyl (C=O) groups is 1. The van der Waals surface area contributed by atoms with Crippen molar-refractivity contribution in [1.29, 1.82) is 0 Å². The van der Waals surface area contributed by atoms with Crippen LogP contribution in [0.3, 0.4) is 0 Å². The number of hydrogen-bond acceptors (Lipinski definition) is 6. The van der Waals surface area contributed by atoms with Gasteiger partial charge in [-0.25, -0.2) is 4.79 Å². The molecule has 0 bridgehead atoms. The van der Waals surface area contributed by atoms with Crippen LogP contribution < -0.4 is 10.1 Å². The molecule has 1 aliphatic rings. The molecule has 172 valence electrons. The number of rotatable bonds is 8. The maximum absolute atomic E-state index is 13.0. The van der Waals surface area contributed by atoms with Crippen LogP contribution in [0.2, 0.25) is 0 Å². The summed E-state index contributed by atoms with van der Waals surface area (Å²) in [5, 5.41) is 7.33. The zero-order valence-electron chi connectivity index (χ0n) is 19.3. The SMILES string of the molecule is COCCCN1C(=O)NC(c2cccc(OC)c2)C(c2nc(-c3cccc(C)c3)no2)=C1C.